The number of rotatable bonds is 4. The minimum atomic E-state index is -1.42. The van der Waals surface area contributed by atoms with Crippen molar-refractivity contribution < 1.29 is 14.4 Å². The van der Waals surface area contributed by atoms with E-state index in [2.05, 4.69) is 5.32 Å². The number of ketones is 2. The molecule has 0 aromatic heterocycles. The Labute approximate surface area is 251 Å². The van der Waals surface area contributed by atoms with Crippen molar-refractivity contribution in [3.8, 4) is 0 Å². The molecule has 8 heteroatoms. The number of carbonyl (C=O) groups excluding carboxylic acids is 3. The Kier molecular flexibility index (Phi) is 6.09. The fraction of sp³-hybridized carbons (Fsp3) is 0.121. The molecule has 3 heterocycles. The molecule has 1 N–H and O–H groups in total. The summed E-state index contributed by atoms with van der Waals surface area (Å²) in [4.78, 5) is 45.6. The number of halogens is 3. The first-order valence-electron chi connectivity index (χ1n) is 13.1. The molecule has 1 spiro atoms. The van der Waals surface area contributed by atoms with Gasteiger partial charge in [-0.1, -0.05) is 77.3 Å². The predicted molar refractivity (Wildman–Crippen MR) is 161 cm³/mol. The molecule has 1 fully saturated rings. The lowest BCUT2D eigenvalue weighted by Gasteiger charge is -2.38. The summed E-state index contributed by atoms with van der Waals surface area (Å²) in [5.74, 6) is -2.14. The highest BCUT2D eigenvalue weighted by Crippen LogP contribution is 2.62. The minimum Gasteiger partial charge on any atom is -0.358 e. The van der Waals surface area contributed by atoms with Crippen LogP contribution in [-0.4, -0.2) is 28.4 Å². The molecule has 1 saturated heterocycles. The number of hydrogen-bond donors (Lipinski definition) is 1. The van der Waals surface area contributed by atoms with Crippen molar-refractivity contribution in [3.63, 3.8) is 0 Å². The van der Waals surface area contributed by atoms with E-state index in [1.54, 1.807) is 36.4 Å². The van der Waals surface area contributed by atoms with Gasteiger partial charge in [0.1, 0.15) is 11.5 Å². The van der Waals surface area contributed by atoms with Crippen LogP contribution in [0.3, 0.4) is 0 Å². The largest absolute Gasteiger partial charge is 0.358 e. The van der Waals surface area contributed by atoms with Gasteiger partial charge in [0.25, 0.3) is 0 Å². The lowest BCUT2D eigenvalue weighted by molar-refractivity contribution is -0.122. The summed E-state index contributed by atoms with van der Waals surface area (Å²) in [6.07, 6.45) is 3.74. The zero-order chi connectivity index (χ0) is 28.5. The average molecular weight is 600 g/mol. The van der Waals surface area contributed by atoms with Crippen LogP contribution in [0.1, 0.15) is 43.4 Å². The molecule has 1 amide bonds. The number of carbonyl (C=O) groups is 3. The smallest absolute Gasteiger partial charge is 0.238 e. The van der Waals surface area contributed by atoms with Crippen molar-refractivity contribution in [3.05, 3.63) is 140 Å². The van der Waals surface area contributed by atoms with Crippen LogP contribution in [0.25, 0.3) is 6.08 Å². The van der Waals surface area contributed by atoms with Crippen molar-refractivity contribution in [1.29, 1.82) is 0 Å². The molecular formula is C33H21Cl3N2O3. The van der Waals surface area contributed by atoms with Crippen LogP contribution in [0.5, 0.6) is 0 Å². The molecule has 3 aliphatic heterocycles. The topological polar surface area (TPSA) is 66.5 Å². The third-order valence-electron chi connectivity index (χ3n) is 8.45. The maximum atomic E-state index is 14.7. The highest BCUT2D eigenvalue weighted by Gasteiger charge is 2.70. The van der Waals surface area contributed by atoms with Gasteiger partial charge in [-0.2, -0.15) is 0 Å². The minimum absolute atomic E-state index is 0.176. The van der Waals surface area contributed by atoms with Crippen LogP contribution >= 0.6 is 34.8 Å². The quantitative estimate of drug-likeness (QED) is 0.245. The Hall–Kier alpha value is -3.90. The first-order valence-corrected chi connectivity index (χ1v) is 14.2. The Morgan fingerprint density at radius 1 is 0.805 bits per heavy atom. The summed E-state index contributed by atoms with van der Waals surface area (Å²) in [5.41, 5.74) is 2.23. The third kappa shape index (κ3) is 3.73. The molecule has 4 atom stereocenters. The summed E-state index contributed by atoms with van der Waals surface area (Å²) >= 11 is 18.9. The van der Waals surface area contributed by atoms with Crippen LogP contribution in [0.15, 0.2) is 97.2 Å². The van der Waals surface area contributed by atoms with Gasteiger partial charge in [-0.3, -0.25) is 14.4 Å². The number of anilines is 1. The van der Waals surface area contributed by atoms with E-state index in [1.165, 1.54) is 6.07 Å². The Morgan fingerprint density at radius 3 is 2.29 bits per heavy atom. The van der Waals surface area contributed by atoms with E-state index in [-0.39, 0.29) is 28.1 Å². The lowest BCUT2D eigenvalue weighted by Crippen LogP contribution is -2.49. The van der Waals surface area contributed by atoms with Gasteiger partial charge in [-0.15, -0.1) is 0 Å². The van der Waals surface area contributed by atoms with Crippen molar-refractivity contribution in [1.82, 2.24) is 4.90 Å². The number of fused-ring (bicyclic) bond motifs is 6. The summed E-state index contributed by atoms with van der Waals surface area (Å²) < 4.78 is 0. The van der Waals surface area contributed by atoms with Crippen molar-refractivity contribution in [2.24, 2.45) is 5.92 Å². The molecule has 0 bridgehead atoms. The summed E-state index contributed by atoms with van der Waals surface area (Å²) in [7, 11) is 0. The molecule has 3 aliphatic rings. The van der Waals surface area contributed by atoms with E-state index in [9.17, 15) is 14.4 Å². The lowest BCUT2D eigenvalue weighted by atomic mass is 9.62. The Bertz CT molecular complexity index is 1800. The molecule has 0 saturated carbocycles. The molecule has 4 aromatic carbocycles. The second-order valence-electron chi connectivity index (χ2n) is 10.4. The number of hydrogen-bond acceptors (Lipinski definition) is 4. The van der Waals surface area contributed by atoms with Gasteiger partial charge < -0.3 is 10.2 Å². The van der Waals surface area contributed by atoms with E-state index in [4.69, 9.17) is 34.8 Å². The normalized spacial score (nSPS) is 23.6. The standard InChI is InChI=1S/C33H21Cl3N2O3/c34-20-11-9-19(10-12-20)29(39)27-28(30(40)23-14-13-21(35)17-25(23)36)38-16-15-18-5-1-2-6-22(18)31(38)33(27)24-7-3-4-8-26(24)37-32(33)41/h1-17,27-28,31H,(H,37,41)/t27-,28-,31+,33+/m0/s1. The first kappa shape index (κ1) is 26.0. The van der Waals surface area contributed by atoms with E-state index >= 15 is 0 Å². The Morgan fingerprint density at radius 2 is 1.51 bits per heavy atom. The number of nitrogens with zero attached hydrogens (tertiary/aromatic N) is 1. The maximum absolute atomic E-state index is 14.7. The number of para-hydroxylation sites is 1. The number of nitrogens with one attached hydrogen (secondary N) is 1. The fourth-order valence-electron chi connectivity index (χ4n) is 6.81. The molecule has 41 heavy (non-hydrogen) atoms. The zero-order valence-corrected chi connectivity index (χ0v) is 23.6. The summed E-state index contributed by atoms with van der Waals surface area (Å²) in [6, 6.07) is 24.7. The van der Waals surface area contributed by atoms with Crippen molar-refractivity contribution >= 4 is 64.0 Å². The zero-order valence-electron chi connectivity index (χ0n) is 21.4. The first-order chi connectivity index (χ1) is 19.8. The van der Waals surface area contributed by atoms with Gasteiger partial charge in [0.2, 0.25) is 5.91 Å². The van der Waals surface area contributed by atoms with Crippen LogP contribution in [-0.2, 0) is 10.2 Å². The fourth-order valence-corrected chi connectivity index (χ4v) is 7.44. The molecule has 202 valence electrons. The van der Waals surface area contributed by atoms with E-state index < -0.39 is 23.4 Å². The summed E-state index contributed by atoms with van der Waals surface area (Å²) in [5, 5.41) is 4.08. The second-order valence-corrected chi connectivity index (χ2v) is 11.7. The molecule has 5 nitrogen and oxygen atoms in total. The van der Waals surface area contributed by atoms with Gasteiger partial charge in [-0.05, 0) is 71.3 Å². The SMILES string of the molecule is O=C(c1ccc(Cl)cc1Cl)[C@@H]1[C@@H](C(=O)c2ccc(Cl)cc2)[C@@]2(C(=O)Nc3ccccc32)[C@H]2c3ccccc3C=CN12. The average Bonchev–Trinajstić information content (AvgIpc) is 3.45. The maximum Gasteiger partial charge on any atom is 0.238 e. The molecule has 0 unspecified atom stereocenters. The van der Waals surface area contributed by atoms with Crippen LogP contribution < -0.4 is 5.32 Å². The van der Waals surface area contributed by atoms with Crippen molar-refractivity contribution in [2.45, 2.75) is 17.5 Å². The molecule has 0 radical (unpaired) electrons. The third-order valence-corrected chi connectivity index (χ3v) is 9.25. The molecule has 4 aromatic rings. The van der Waals surface area contributed by atoms with Crippen LogP contribution in [0, 0.1) is 5.92 Å². The number of Topliss-reactive ketones (excluding diaryl/α,β-unsaturated/α-hetero) is 2. The predicted octanol–water partition coefficient (Wildman–Crippen LogP) is 7.63. The molecular weight excluding hydrogens is 579 g/mol. The van der Waals surface area contributed by atoms with Gasteiger partial charge in [0, 0.05) is 33.1 Å². The van der Waals surface area contributed by atoms with Gasteiger partial charge >= 0.3 is 0 Å². The number of benzene rings is 4. The van der Waals surface area contributed by atoms with E-state index in [1.807, 2.05) is 65.7 Å². The highest BCUT2D eigenvalue weighted by atomic mass is 35.5. The van der Waals surface area contributed by atoms with Crippen LogP contribution in [0.2, 0.25) is 15.1 Å². The van der Waals surface area contributed by atoms with E-state index in [0.29, 0.717) is 26.9 Å². The monoisotopic (exact) mass is 598 g/mol. The Balaban J connectivity index is 1.54. The van der Waals surface area contributed by atoms with Gasteiger partial charge in [0.15, 0.2) is 11.6 Å². The van der Waals surface area contributed by atoms with Crippen molar-refractivity contribution in [2.75, 3.05) is 5.32 Å². The van der Waals surface area contributed by atoms with Crippen LogP contribution in [0.4, 0.5) is 5.69 Å². The highest BCUT2D eigenvalue weighted by molar-refractivity contribution is 6.37. The van der Waals surface area contributed by atoms with Gasteiger partial charge in [0.05, 0.1) is 17.0 Å². The molecule has 0 aliphatic carbocycles. The summed E-state index contributed by atoms with van der Waals surface area (Å²) in [6.45, 7) is 0. The second kappa shape index (κ2) is 9.59. The number of amides is 1. The van der Waals surface area contributed by atoms with Gasteiger partial charge in [-0.25, -0.2) is 0 Å². The van der Waals surface area contributed by atoms with E-state index in [0.717, 1.165) is 11.1 Å². The molecule has 7 rings (SSSR count).